The summed E-state index contributed by atoms with van der Waals surface area (Å²) in [6.45, 7) is 5.40. The maximum atomic E-state index is 12.7. The van der Waals surface area contributed by atoms with Crippen LogP contribution in [0.15, 0.2) is 24.8 Å². The Hall–Kier alpha value is -1.37. The number of ketones is 1. The molecule has 140 valence electrons. The number of benzene rings is 1. The molecule has 0 radical (unpaired) electrons. The molecule has 1 aromatic rings. The molecule has 2 aliphatic heterocycles. The van der Waals surface area contributed by atoms with Crippen LogP contribution in [0.3, 0.4) is 0 Å². The van der Waals surface area contributed by atoms with Gasteiger partial charge in [-0.1, -0.05) is 12.1 Å². The molecule has 2 heterocycles. The molecule has 2 aliphatic carbocycles. The Morgan fingerprint density at radius 1 is 1.46 bits per heavy atom. The number of carbonyl (C=O) groups excluding carboxylic acids is 1. The molecule has 5 nitrogen and oxygen atoms in total. The van der Waals surface area contributed by atoms with E-state index in [0.717, 1.165) is 30.5 Å². The number of nitrogens with zero attached hydrogens (tertiary/aromatic N) is 1. The predicted molar refractivity (Wildman–Crippen MR) is 91.6 cm³/mol. The minimum absolute atomic E-state index is 0. The van der Waals surface area contributed by atoms with Crippen molar-refractivity contribution in [1.82, 2.24) is 0 Å². The van der Waals surface area contributed by atoms with Crippen LogP contribution in [0.4, 0.5) is 0 Å². The van der Waals surface area contributed by atoms with E-state index in [2.05, 4.69) is 13.6 Å². The fraction of sp³-hybridized carbons (Fsp3) is 0.550. The molecule has 0 aromatic heterocycles. The molecule has 1 saturated carbocycles. The highest BCUT2D eigenvalue weighted by molar-refractivity contribution is 5.90. The van der Waals surface area contributed by atoms with Gasteiger partial charge in [-0.15, -0.1) is 6.58 Å². The highest BCUT2D eigenvalue weighted by Gasteiger charge is 2.80. The summed E-state index contributed by atoms with van der Waals surface area (Å²) in [4.78, 5) is 12.7. The minimum atomic E-state index is -0.965. The monoisotopic (exact) mass is 421 g/mol. The van der Waals surface area contributed by atoms with Crippen molar-refractivity contribution in [2.24, 2.45) is 0 Å². The van der Waals surface area contributed by atoms with Crippen molar-refractivity contribution in [2.75, 3.05) is 20.1 Å². The van der Waals surface area contributed by atoms with E-state index in [1.54, 1.807) is 6.07 Å². The fourth-order valence-corrected chi connectivity index (χ4v) is 6.37. The van der Waals surface area contributed by atoms with E-state index in [9.17, 15) is 15.0 Å². The summed E-state index contributed by atoms with van der Waals surface area (Å²) in [7, 11) is 2.18. The first kappa shape index (κ1) is 18.0. The smallest absolute Gasteiger partial charge is 0.175 e. The second-order valence-corrected chi connectivity index (χ2v) is 8.47. The maximum absolute atomic E-state index is 12.7. The van der Waals surface area contributed by atoms with Crippen LogP contribution in [-0.2, 0) is 16.6 Å². The van der Waals surface area contributed by atoms with Crippen LogP contribution in [-0.4, -0.2) is 58.4 Å². The standard InChI is InChI=1S/C20H23NO4.BrH/c1-3-4-9-21(2)11-19-16-12-5-6-13(22)17(16)25-18(19)14(23)7-8-20(19,24)15(21)10-12;/h3,5-6,15,18,24H,1,4,7-11H2,2H3;1H/t15?,18?,19-,20+,21-;/m0./s1. The maximum Gasteiger partial charge on any atom is 0.175 e. The van der Waals surface area contributed by atoms with Crippen LogP contribution in [0.25, 0.3) is 0 Å². The summed E-state index contributed by atoms with van der Waals surface area (Å²) in [6, 6.07) is 3.63. The number of Topliss-reactive ketones (excluding diaryl/α,β-unsaturated/α-hetero) is 1. The lowest BCUT2D eigenvalue weighted by atomic mass is 9.54. The highest BCUT2D eigenvalue weighted by atomic mass is 79.9. The summed E-state index contributed by atoms with van der Waals surface area (Å²) in [5.41, 5.74) is 0.308. The molecule has 2 unspecified atom stereocenters. The Balaban J connectivity index is 0.00000168. The van der Waals surface area contributed by atoms with Crippen molar-refractivity contribution in [3.05, 3.63) is 35.9 Å². The van der Waals surface area contributed by atoms with Crippen molar-refractivity contribution in [1.29, 1.82) is 0 Å². The first-order valence-electron chi connectivity index (χ1n) is 9.09. The van der Waals surface area contributed by atoms with Gasteiger partial charge in [0.2, 0.25) is 0 Å². The number of hydrogen-bond acceptors (Lipinski definition) is 4. The van der Waals surface area contributed by atoms with E-state index >= 15 is 0 Å². The van der Waals surface area contributed by atoms with E-state index in [1.165, 1.54) is 0 Å². The number of hydrogen-bond donors (Lipinski definition) is 2. The van der Waals surface area contributed by atoms with Gasteiger partial charge in [-0.2, -0.15) is 0 Å². The molecule has 1 saturated heterocycles. The van der Waals surface area contributed by atoms with Crippen LogP contribution >= 0.6 is 0 Å². The van der Waals surface area contributed by atoms with Gasteiger partial charge in [0.05, 0.1) is 20.1 Å². The number of aliphatic hydroxyl groups is 1. The topological polar surface area (TPSA) is 66.8 Å². The van der Waals surface area contributed by atoms with Gasteiger partial charge >= 0.3 is 0 Å². The van der Waals surface area contributed by atoms with Gasteiger partial charge < -0.3 is 36.4 Å². The largest absolute Gasteiger partial charge is 1.00 e. The Kier molecular flexibility index (Phi) is 3.70. The van der Waals surface area contributed by atoms with Gasteiger partial charge in [0.25, 0.3) is 0 Å². The predicted octanol–water partition coefficient (Wildman–Crippen LogP) is -1.55. The van der Waals surface area contributed by atoms with Crippen LogP contribution in [0.5, 0.6) is 11.5 Å². The first-order chi connectivity index (χ1) is 11.9. The molecule has 2 bridgehead atoms. The molecule has 5 atom stereocenters. The SMILES string of the molecule is C=CCC[N@@+]1(C)C[C@]23c4c5ccc(O)c4OC2C(=O)CC[C@@]3(O)C1C5.[Br-]. The van der Waals surface area contributed by atoms with E-state index in [1.807, 2.05) is 12.1 Å². The molecular weight excluding hydrogens is 398 g/mol. The highest BCUT2D eigenvalue weighted by Crippen LogP contribution is 2.66. The van der Waals surface area contributed by atoms with Crippen molar-refractivity contribution >= 4 is 5.78 Å². The fourth-order valence-electron chi connectivity index (χ4n) is 6.37. The van der Waals surface area contributed by atoms with Gasteiger partial charge in [-0.25, -0.2) is 0 Å². The summed E-state index contributed by atoms with van der Waals surface area (Å²) >= 11 is 0. The number of rotatable bonds is 3. The third kappa shape index (κ3) is 1.76. The zero-order valence-corrected chi connectivity index (χ0v) is 16.5. The summed E-state index contributed by atoms with van der Waals surface area (Å²) in [5.74, 6) is 0.541. The molecule has 2 fully saturated rings. The lowest BCUT2D eigenvalue weighted by Gasteiger charge is -2.48. The van der Waals surface area contributed by atoms with Crippen molar-refractivity contribution in [3.63, 3.8) is 0 Å². The second kappa shape index (κ2) is 5.33. The molecule has 1 aromatic carbocycles. The van der Waals surface area contributed by atoms with Gasteiger partial charge in [-0.05, 0) is 18.1 Å². The quantitative estimate of drug-likeness (QED) is 0.458. The van der Waals surface area contributed by atoms with Crippen LogP contribution < -0.4 is 21.7 Å². The number of ether oxygens (including phenoxy) is 1. The number of likely N-dealkylation sites (N-methyl/N-ethyl adjacent to an activating group) is 1. The molecule has 2 N–H and O–H groups in total. The number of phenols is 1. The first-order valence-corrected chi connectivity index (χ1v) is 9.09. The zero-order chi connectivity index (χ0) is 17.6. The summed E-state index contributed by atoms with van der Waals surface area (Å²) < 4.78 is 6.75. The minimum Gasteiger partial charge on any atom is -1.00 e. The molecule has 26 heavy (non-hydrogen) atoms. The third-order valence-electron chi connectivity index (χ3n) is 7.34. The van der Waals surface area contributed by atoms with Crippen LogP contribution in [0.2, 0.25) is 0 Å². The van der Waals surface area contributed by atoms with E-state index in [0.29, 0.717) is 29.6 Å². The molecule has 0 amide bonds. The second-order valence-electron chi connectivity index (χ2n) is 8.47. The molecule has 1 spiro atoms. The number of quaternary nitrogens is 1. The third-order valence-corrected chi connectivity index (χ3v) is 7.34. The number of aromatic hydroxyl groups is 1. The van der Waals surface area contributed by atoms with E-state index in [-0.39, 0.29) is 34.6 Å². The van der Waals surface area contributed by atoms with Crippen LogP contribution in [0, 0.1) is 0 Å². The average Bonchev–Trinajstić information content (AvgIpc) is 2.98. The Morgan fingerprint density at radius 3 is 2.96 bits per heavy atom. The number of halogens is 1. The summed E-state index contributed by atoms with van der Waals surface area (Å²) in [5, 5.41) is 22.3. The zero-order valence-electron chi connectivity index (χ0n) is 14.9. The van der Waals surface area contributed by atoms with Crippen molar-refractivity contribution in [2.45, 2.75) is 48.8 Å². The van der Waals surface area contributed by atoms with Gasteiger partial charge in [0.1, 0.15) is 17.1 Å². The normalized spacial score (nSPS) is 41.2. The molecular formula is C20H24BrNO4. The van der Waals surface area contributed by atoms with Crippen molar-refractivity contribution in [3.8, 4) is 11.5 Å². The lowest BCUT2D eigenvalue weighted by molar-refractivity contribution is -0.925. The molecule has 5 rings (SSSR count). The van der Waals surface area contributed by atoms with Crippen LogP contribution in [0.1, 0.15) is 30.4 Å². The van der Waals surface area contributed by atoms with E-state index < -0.39 is 17.1 Å². The molecule has 4 aliphatic rings. The average molecular weight is 422 g/mol. The number of phenolic OH excluding ortho intramolecular Hbond substituents is 1. The number of carbonyl (C=O) groups is 1. The lowest BCUT2D eigenvalue weighted by Crippen LogP contribution is -3.00. The summed E-state index contributed by atoms with van der Waals surface area (Å²) in [6.07, 6.45) is 3.67. The van der Waals surface area contributed by atoms with Crippen molar-refractivity contribution < 1.29 is 41.2 Å². The van der Waals surface area contributed by atoms with Gasteiger partial charge in [0, 0.05) is 24.8 Å². The Bertz CT molecular complexity index is 826. The van der Waals surface area contributed by atoms with Gasteiger partial charge in [0.15, 0.2) is 23.4 Å². The Labute approximate surface area is 163 Å². The number of likely N-dealkylation sites (tertiary alicyclic amines) is 1. The van der Waals surface area contributed by atoms with E-state index in [4.69, 9.17) is 4.74 Å². The Morgan fingerprint density at radius 2 is 2.23 bits per heavy atom. The molecule has 6 heteroatoms. The van der Waals surface area contributed by atoms with Gasteiger partial charge in [-0.3, -0.25) is 4.79 Å².